The van der Waals surface area contributed by atoms with Gasteiger partial charge in [-0.3, -0.25) is 0 Å². The Balaban J connectivity index is 0.000000354. The van der Waals surface area contributed by atoms with Crippen LogP contribution < -0.4 is 0 Å². The van der Waals surface area contributed by atoms with Gasteiger partial charge >= 0.3 is 0 Å². The zero-order valence-electron chi connectivity index (χ0n) is 7.03. The average molecular weight is 161 g/mol. The predicted octanol–water partition coefficient (Wildman–Crippen LogP) is 1.96. The first kappa shape index (κ1) is 10.4. The Morgan fingerprint density at radius 2 is 1.92 bits per heavy atom. The van der Waals surface area contributed by atoms with Crippen molar-refractivity contribution in [3.8, 4) is 6.07 Å². The lowest BCUT2D eigenvalue weighted by molar-refractivity contribution is -0.106. The van der Waals surface area contributed by atoms with E-state index in [1.807, 2.05) is 30.3 Å². The topological polar surface area (TPSA) is 40.9 Å². The number of nitrogens with zero attached hydrogens (tertiary/aromatic N) is 1. The molecule has 2 heteroatoms. The van der Waals surface area contributed by atoms with Crippen LogP contribution in [0.2, 0.25) is 0 Å². The molecule has 0 bridgehead atoms. The van der Waals surface area contributed by atoms with Crippen LogP contribution in [0.15, 0.2) is 30.3 Å². The minimum absolute atomic E-state index is 0.515. The Morgan fingerprint density at radius 1 is 1.42 bits per heavy atom. The third-order valence-corrected chi connectivity index (χ3v) is 1.13. The predicted molar refractivity (Wildman–Crippen MR) is 47.5 cm³/mol. The van der Waals surface area contributed by atoms with Crippen molar-refractivity contribution in [2.45, 2.75) is 13.3 Å². The highest BCUT2D eigenvalue weighted by atomic mass is 16.1. The summed E-state index contributed by atoms with van der Waals surface area (Å²) in [7, 11) is 0. The van der Waals surface area contributed by atoms with Gasteiger partial charge in [0, 0.05) is 0 Å². The van der Waals surface area contributed by atoms with Crippen LogP contribution in [0.1, 0.15) is 12.5 Å². The number of benzene rings is 1. The summed E-state index contributed by atoms with van der Waals surface area (Å²) < 4.78 is 0. The lowest BCUT2D eigenvalue weighted by Gasteiger charge is -1.88. The maximum absolute atomic E-state index is 8.81. The van der Waals surface area contributed by atoms with Crippen LogP contribution >= 0.6 is 0 Å². The molecule has 0 heterocycles. The molecule has 0 aromatic heterocycles. The molecule has 0 aliphatic heterocycles. The number of carbonyl (C=O) groups is 1. The zero-order valence-corrected chi connectivity index (χ0v) is 7.03. The smallest absolute Gasteiger partial charge is 0.116 e. The maximum atomic E-state index is 8.81. The quantitative estimate of drug-likeness (QED) is 0.591. The van der Waals surface area contributed by atoms with E-state index in [9.17, 15) is 0 Å². The van der Waals surface area contributed by atoms with Gasteiger partial charge in [0.2, 0.25) is 0 Å². The van der Waals surface area contributed by atoms with Gasteiger partial charge in [-0.15, -0.1) is 0 Å². The van der Waals surface area contributed by atoms with E-state index in [1.165, 1.54) is 6.92 Å². The molecular weight excluding hydrogens is 150 g/mol. The first-order valence-corrected chi connectivity index (χ1v) is 3.65. The Morgan fingerprint density at radius 3 is 2.33 bits per heavy atom. The summed E-state index contributed by atoms with van der Waals surface area (Å²) in [4.78, 5) is 8.81. The normalized spacial score (nSPS) is 7.33. The number of carbonyl (C=O) groups excluding carboxylic acids is 1. The summed E-state index contributed by atoms with van der Waals surface area (Å²) in [6.07, 6.45) is 1.26. The van der Waals surface area contributed by atoms with Crippen molar-refractivity contribution < 1.29 is 4.79 Å². The van der Waals surface area contributed by atoms with E-state index in [4.69, 9.17) is 10.1 Å². The molecule has 0 spiro atoms. The van der Waals surface area contributed by atoms with E-state index in [-0.39, 0.29) is 0 Å². The number of nitriles is 1. The average Bonchev–Trinajstić information content (AvgIpc) is 2.08. The molecule has 0 fully saturated rings. The monoisotopic (exact) mass is 161 g/mol. The summed E-state index contributed by atoms with van der Waals surface area (Å²) in [5, 5.41) is 8.27. The molecular formula is C10H11NO. The van der Waals surface area contributed by atoms with Crippen molar-refractivity contribution in [1.82, 2.24) is 0 Å². The number of hydrogen-bond donors (Lipinski definition) is 0. The van der Waals surface area contributed by atoms with E-state index < -0.39 is 0 Å². The van der Waals surface area contributed by atoms with Gasteiger partial charge < -0.3 is 4.79 Å². The largest absolute Gasteiger partial charge is 0.304 e. The second kappa shape index (κ2) is 7.49. The fourth-order valence-electron chi connectivity index (χ4n) is 0.687. The molecule has 0 radical (unpaired) electrons. The molecule has 0 amide bonds. The van der Waals surface area contributed by atoms with Gasteiger partial charge in [0.15, 0.2) is 0 Å². The van der Waals surface area contributed by atoms with Gasteiger partial charge in [-0.2, -0.15) is 5.26 Å². The summed E-state index contributed by atoms with van der Waals surface area (Å²) in [6, 6.07) is 11.8. The molecule has 0 saturated heterocycles. The lowest BCUT2D eigenvalue weighted by Crippen LogP contribution is -1.76. The number of rotatable bonds is 1. The Hall–Kier alpha value is -1.62. The molecule has 0 atom stereocenters. The van der Waals surface area contributed by atoms with Crippen LogP contribution in [0, 0.1) is 11.3 Å². The Kier molecular flexibility index (Phi) is 6.48. The van der Waals surface area contributed by atoms with Crippen LogP contribution in [0.25, 0.3) is 0 Å². The second-order valence-electron chi connectivity index (χ2n) is 2.06. The van der Waals surface area contributed by atoms with Crippen molar-refractivity contribution in [2.24, 2.45) is 0 Å². The van der Waals surface area contributed by atoms with Gasteiger partial charge in [-0.1, -0.05) is 30.3 Å². The molecule has 2 nitrogen and oxygen atoms in total. The van der Waals surface area contributed by atoms with Gasteiger partial charge in [-0.25, -0.2) is 0 Å². The van der Waals surface area contributed by atoms with E-state index in [0.29, 0.717) is 6.42 Å². The van der Waals surface area contributed by atoms with Gasteiger partial charge in [0.05, 0.1) is 12.5 Å². The van der Waals surface area contributed by atoms with E-state index in [0.717, 1.165) is 11.8 Å². The summed E-state index contributed by atoms with van der Waals surface area (Å²) in [5.41, 5.74) is 1.08. The standard InChI is InChI=1S/C8H7N.C2H4O/c9-7-6-8-4-2-1-3-5-8;1-2-3/h1-5H,6H2;2H,1H3. The Bertz CT molecular complexity index is 248. The summed E-state index contributed by atoms with van der Waals surface area (Å²) in [5.74, 6) is 0. The first-order valence-electron chi connectivity index (χ1n) is 3.65. The van der Waals surface area contributed by atoms with Crippen molar-refractivity contribution in [3.63, 3.8) is 0 Å². The third kappa shape index (κ3) is 5.19. The molecule has 12 heavy (non-hydrogen) atoms. The third-order valence-electron chi connectivity index (χ3n) is 1.13. The second-order valence-corrected chi connectivity index (χ2v) is 2.06. The number of hydrogen-bond acceptors (Lipinski definition) is 2. The molecule has 0 unspecified atom stereocenters. The van der Waals surface area contributed by atoms with Crippen molar-refractivity contribution in [2.75, 3.05) is 0 Å². The minimum atomic E-state index is 0.515. The van der Waals surface area contributed by atoms with Crippen LogP contribution in [-0.4, -0.2) is 6.29 Å². The van der Waals surface area contributed by atoms with Crippen molar-refractivity contribution >= 4 is 6.29 Å². The molecule has 62 valence electrons. The first-order chi connectivity index (χ1) is 5.85. The molecule has 1 rings (SSSR count). The molecule has 1 aromatic carbocycles. The highest BCUT2D eigenvalue weighted by molar-refractivity contribution is 5.44. The SMILES string of the molecule is CC=O.N#CCc1ccccc1. The fourth-order valence-corrected chi connectivity index (χ4v) is 0.687. The summed E-state index contributed by atoms with van der Waals surface area (Å²) >= 11 is 0. The highest BCUT2D eigenvalue weighted by Crippen LogP contribution is 1.96. The van der Waals surface area contributed by atoms with E-state index in [1.54, 1.807) is 0 Å². The van der Waals surface area contributed by atoms with Crippen LogP contribution in [0.4, 0.5) is 0 Å². The fraction of sp³-hybridized carbons (Fsp3) is 0.200. The van der Waals surface area contributed by atoms with E-state index in [2.05, 4.69) is 6.07 Å². The lowest BCUT2D eigenvalue weighted by atomic mass is 10.2. The van der Waals surface area contributed by atoms with Crippen LogP contribution in [0.3, 0.4) is 0 Å². The zero-order chi connectivity index (χ0) is 9.23. The molecule has 0 saturated carbocycles. The van der Waals surface area contributed by atoms with Crippen LogP contribution in [0.5, 0.6) is 0 Å². The Labute approximate surface area is 72.5 Å². The molecule has 0 N–H and O–H groups in total. The molecule has 1 aromatic rings. The van der Waals surface area contributed by atoms with Gasteiger partial charge in [0.25, 0.3) is 0 Å². The molecule has 0 aliphatic rings. The molecule has 0 aliphatic carbocycles. The van der Waals surface area contributed by atoms with Crippen LogP contribution in [-0.2, 0) is 11.2 Å². The maximum Gasteiger partial charge on any atom is 0.116 e. The minimum Gasteiger partial charge on any atom is -0.304 e. The van der Waals surface area contributed by atoms with Gasteiger partial charge in [0.1, 0.15) is 6.29 Å². The number of aldehydes is 1. The van der Waals surface area contributed by atoms with Gasteiger partial charge in [-0.05, 0) is 12.5 Å². The highest BCUT2D eigenvalue weighted by Gasteiger charge is 1.84. The summed E-state index contributed by atoms with van der Waals surface area (Å²) in [6.45, 7) is 1.44. The van der Waals surface area contributed by atoms with Crippen molar-refractivity contribution in [3.05, 3.63) is 35.9 Å². The van der Waals surface area contributed by atoms with Crippen molar-refractivity contribution in [1.29, 1.82) is 5.26 Å². The van der Waals surface area contributed by atoms with E-state index >= 15 is 0 Å².